The number of fused-ring (bicyclic) bond motifs is 5. The van der Waals surface area contributed by atoms with Crippen LogP contribution in [0, 0.1) is 11.8 Å². The molecule has 0 aliphatic carbocycles. The molecule has 0 unspecified atom stereocenters. The number of imide groups is 1. The van der Waals surface area contributed by atoms with Crippen molar-refractivity contribution in [2.45, 2.75) is 25.1 Å². The zero-order valence-electron chi connectivity index (χ0n) is 23.8. The second kappa shape index (κ2) is 11.0. The van der Waals surface area contributed by atoms with E-state index in [1.807, 2.05) is 102 Å². The minimum atomic E-state index is -1.05. The lowest BCUT2D eigenvalue weighted by molar-refractivity contribution is -0.151. The molecule has 0 saturated carbocycles. The van der Waals surface area contributed by atoms with Crippen LogP contribution in [0.25, 0.3) is 6.08 Å². The Hall–Kier alpha value is -5.50. The van der Waals surface area contributed by atoms with Crippen molar-refractivity contribution in [2.75, 3.05) is 9.80 Å². The van der Waals surface area contributed by atoms with Gasteiger partial charge in [0.05, 0.1) is 23.6 Å². The third kappa shape index (κ3) is 4.55. The Morgan fingerprint density at radius 2 is 1.32 bits per heavy atom. The van der Waals surface area contributed by atoms with Crippen molar-refractivity contribution in [2.24, 2.45) is 11.8 Å². The minimum absolute atomic E-state index is 0.299. The fourth-order valence-electron chi connectivity index (χ4n) is 6.64. The molecule has 0 radical (unpaired) electrons. The van der Waals surface area contributed by atoms with Crippen molar-refractivity contribution in [3.05, 3.63) is 132 Å². The van der Waals surface area contributed by atoms with Crippen LogP contribution in [0.3, 0.4) is 0 Å². The largest absolute Gasteiger partial charge is 0.451 e. The molecule has 8 heteroatoms. The van der Waals surface area contributed by atoms with Crippen LogP contribution in [0.4, 0.5) is 11.4 Å². The van der Waals surface area contributed by atoms with Gasteiger partial charge in [0.25, 0.3) is 0 Å². The highest BCUT2D eigenvalue weighted by Crippen LogP contribution is 2.50. The first-order chi connectivity index (χ1) is 21.4. The third-order valence-electron chi connectivity index (χ3n) is 8.45. The van der Waals surface area contributed by atoms with Gasteiger partial charge in [0.15, 0.2) is 6.10 Å². The van der Waals surface area contributed by atoms with Crippen LogP contribution in [0.15, 0.2) is 115 Å². The van der Waals surface area contributed by atoms with E-state index >= 15 is 0 Å². The maximum atomic E-state index is 14.4. The Morgan fingerprint density at radius 1 is 0.727 bits per heavy atom. The number of carbonyl (C=O) groups is 4. The number of esters is 2. The second-order valence-electron chi connectivity index (χ2n) is 11.0. The molecule has 2 saturated heterocycles. The van der Waals surface area contributed by atoms with Gasteiger partial charge in [-0.25, -0.2) is 9.69 Å². The number of benzene rings is 4. The van der Waals surface area contributed by atoms with Crippen LogP contribution in [0.1, 0.15) is 29.7 Å². The lowest BCUT2D eigenvalue weighted by Crippen LogP contribution is -2.49. The Kier molecular flexibility index (Phi) is 6.81. The Labute approximate surface area is 254 Å². The molecular formula is C36H28N2O6. The van der Waals surface area contributed by atoms with Gasteiger partial charge in [-0.15, -0.1) is 0 Å². The second-order valence-corrected chi connectivity index (χ2v) is 11.0. The number of rotatable bonds is 6. The topological polar surface area (TPSA) is 93.2 Å². The molecule has 3 heterocycles. The number of nitrogens with zero attached hydrogens (tertiary/aromatic N) is 2. The summed E-state index contributed by atoms with van der Waals surface area (Å²) >= 11 is 0. The van der Waals surface area contributed by atoms with Gasteiger partial charge in [0.1, 0.15) is 11.8 Å². The summed E-state index contributed by atoms with van der Waals surface area (Å²) in [6.45, 7) is 1.30. The summed E-state index contributed by atoms with van der Waals surface area (Å²) in [5.74, 6) is -3.40. The molecule has 0 bridgehead atoms. The number of hydrogen-bond donors (Lipinski definition) is 0. The molecule has 44 heavy (non-hydrogen) atoms. The molecule has 3 aliphatic rings. The number of hydrogen-bond acceptors (Lipinski definition) is 7. The SMILES string of the molecule is CC(=O)Oc1ccc(N2C(=O)[C@@H]3[C@H](C2=O)[C@H]2C=Cc4ccccc4N2[C@@H]3C(=O)OC(c2ccccc2)c2ccccc2)cc1. The predicted molar refractivity (Wildman–Crippen MR) is 164 cm³/mol. The van der Waals surface area contributed by atoms with Gasteiger partial charge in [-0.3, -0.25) is 14.4 Å². The zero-order chi connectivity index (χ0) is 30.4. The first-order valence-corrected chi connectivity index (χ1v) is 14.4. The maximum Gasteiger partial charge on any atom is 0.330 e. The number of ether oxygens (including phenoxy) is 2. The summed E-state index contributed by atoms with van der Waals surface area (Å²) < 4.78 is 11.4. The van der Waals surface area contributed by atoms with Gasteiger partial charge in [-0.2, -0.15) is 0 Å². The first kappa shape index (κ1) is 27.3. The van der Waals surface area contributed by atoms with Crippen LogP contribution < -0.4 is 14.5 Å². The molecule has 8 nitrogen and oxygen atoms in total. The van der Waals surface area contributed by atoms with E-state index in [-0.39, 0.29) is 0 Å². The van der Waals surface area contributed by atoms with Gasteiger partial charge in [0.2, 0.25) is 11.8 Å². The average molecular weight is 585 g/mol. The highest BCUT2D eigenvalue weighted by Gasteiger charge is 2.65. The molecule has 0 aromatic heterocycles. The molecule has 3 aliphatic heterocycles. The van der Waals surface area contributed by atoms with Gasteiger partial charge < -0.3 is 14.4 Å². The molecule has 4 aromatic carbocycles. The molecule has 4 aromatic rings. The summed E-state index contributed by atoms with van der Waals surface area (Å²) in [5.41, 5.74) is 3.59. The van der Waals surface area contributed by atoms with Gasteiger partial charge in [0, 0.05) is 12.6 Å². The van der Waals surface area contributed by atoms with E-state index in [4.69, 9.17) is 9.47 Å². The Morgan fingerprint density at radius 3 is 1.95 bits per heavy atom. The van der Waals surface area contributed by atoms with E-state index in [1.54, 1.807) is 12.1 Å². The van der Waals surface area contributed by atoms with Gasteiger partial charge >= 0.3 is 11.9 Å². The molecule has 2 fully saturated rings. The van der Waals surface area contributed by atoms with Gasteiger partial charge in [-0.1, -0.05) is 91.0 Å². The van der Waals surface area contributed by atoms with E-state index < -0.39 is 53.8 Å². The molecule has 218 valence electrons. The molecule has 7 rings (SSSR count). The highest BCUT2D eigenvalue weighted by atomic mass is 16.5. The minimum Gasteiger partial charge on any atom is -0.451 e. The zero-order valence-corrected chi connectivity index (χ0v) is 23.8. The van der Waals surface area contributed by atoms with E-state index in [9.17, 15) is 19.2 Å². The monoisotopic (exact) mass is 584 g/mol. The molecule has 0 spiro atoms. The number of para-hydroxylation sites is 1. The number of amides is 2. The summed E-state index contributed by atoms with van der Waals surface area (Å²) in [6, 6.07) is 31.2. The van der Waals surface area contributed by atoms with E-state index in [0.29, 0.717) is 11.4 Å². The normalized spacial score (nSPS) is 21.6. The quantitative estimate of drug-likeness (QED) is 0.172. The molecule has 4 atom stereocenters. The molecular weight excluding hydrogens is 556 g/mol. The molecule has 2 amide bonds. The van der Waals surface area contributed by atoms with Crippen molar-refractivity contribution < 1.29 is 28.7 Å². The Bertz CT molecular complexity index is 1750. The van der Waals surface area contributed by atoms with Crippen molar-refractivity contribution in [1.82, 2.24) is 0 Å². The first-order valence-electron chi connectivity index (χ1n) is 14.4. The fraction of sp³-hybridized carbons (Fsp3) is 0.167. The van der Waals surface area contributed by atoms with Crippen LogP contribution in [-0.2, 0) is 23.9 Å². The van der Waals surface area contributed by atoms with E-state index in [2.05, 4.69) is 0 Å². The summed E-state index contributed by atoms with van der Waals surface area (Å²) in [6.07, 6.45) is 3.12. The van der Waals surface area contributed by atoms with E-state index in [1.165, 1.54) is 19.1 Å². The smallest absolute Gasteiger partial charge is 0.330 e. The standard InChI is InChI=1S/C36H28N2O6/c1-22(39)43-27-19-17-26(18-20-27)37-34(40)30-29-21-16-23-10-8-9-15-28(23)38(29)32(31(30)35(37)41)36(42)44-33(24-11-4-2-5-12-24)25-13-6-3-7-14-25/h2-21,29-33H,1H3/t29-,30-,31-,32+/m1/s1. The maximum absolute atomic E-state index is 14.4. The van der Waals surface area contributed by atoms with Crippen LogP contribution in [0.2, 0.25) is 0 Å². The third-order valence-corrected chi connectivity index (χ3v) is 8.45. The van der Waals surface area contributed by atoms with Gasteiger partial charge in [-0.05, 0) is 47.0 Å². The summed E-state index contributed by atoms with van der Waals surface area (Å²) in [5, 5.41) is 0. The van der Waals surface area contributed by atoms with Crippen molar-refractivity contribution >= 4 is 41.2 Å². The average Bonchev–Trinajstić information content (AvgIpc) is 3.53. The van der Waals surface area contributed by atoms with E-state index in [0.717, 1.165) is 27.3 Å². The van der Waals surface area contributed by atoms with Crippen molar-refractivity contribution in [3.63, 3.8) is 0 Å². The lowest BCUT2D eigenvalue weighted by Gasteiger charge is -2.36. The highest BCUT2D eigenvalue weighted by molar-refractivity contribution is 6.24. The van der Waals surface area contributed by atoms with Crippen molar-refractivity contribution in [3.8, 4) is 5.75 Å². The van der Waals surface area contributed by atoms with Crippen LogP contribution >= 0.6 is 0 Å². The summed E-state index contributed by atoms with van der Waals surface area (Å²) in [4.78, 5) is 57.1. The predicted octanol–water partition coefficient (Wildman–Crippen LogP) is 5.33. The molecule has 0 N–H and O–H groups in total. The number of carbonyl (C=O) groups excluding carboxylic acids is 4. The number of anilines is 2. The Balaban J connectivity index is 1.28. The summed E-state index contributed by atoms with van der Waals surface area (Å²) in [7, 11) is 0. The lowest BCUT2D eigenvalue weighted by atomic mass is 9.88. The fourth-order valence-corrected chi connectivity index (χ4v) is 6.64. The van der Waals surface area contributed by atoms with Crippen LogP contribution in [0.5, 0.6) is 5.75 Å². The van der Waals surface area contributed by atoms with Crippen molar-refractivity contribution in [1.29, 1.82) is 0 Å². The van der Waals surface area contributed by atoms with Crippen LogP contribution in [-0.4, -0.2) is 35.8 Å².